The minimum absolute atomic E-state index is 0.185. The van der Waals surface area contributed by atoms with Gasteiger partial charge in [-0.1, -0.05) is 17.7 Å². The largest absolute Gasteiger partial charge is 0.274 e. The highest BCUT2D eigenvalue weighted by atomic mass is 32.2. The molecular weight excluding hydrogens is 238 g/mol. The molecule has 0 saturated carbocycles. The Morgan fingerprint density at radius 1 is 1.24 bits per heavy atom. The molecule has 0 bridgehead atoms. The quantitative estimate of drug-likeness (QED) is 0.806. The number of amides is 1. The average molecular weight is 253 g/mol. The fraction of sp³-hybridized carbons (Fsp3) is 0.417. The lowest BCUT2D eigenvalue weighted by Crippen LogP contribution is -2.37. The van der Waals surface area contributed by atoms with Crippen LogP contribution in [0.4, 0.5) is 0 Å². The molecule has 1 aromatic rings. The Bertz CT molecular complexity index is 533. The summed E-state index contributed by atoms with van der Waals surface area (Å²) in [5, 5.41) is 0. The third kappa shape index (κ3) is 2.07. The van der Waals surface area contributed by atoms with Crippen molar-refractivity contribution in [1.29, 1.82) is 0 Å². The topological polar surface area (TPSA) is 54.5 Å². The van der Waals surface area contributed by atoms with E-state index in [-0.39, 0.29) is 16.8 Å². The van der Waals surface area contributed by atoms with Gasteiger partial charge in [0.15, 0.2) is 0 Å². The van der Waals surface area contributed by atoms with Gasteiger partial charge in [-0.3, -0.25) is 4.79 Å². The van der Waals surface area contributed by atoms with Gasteiger partial charge in [0.2, 0.25) is 5.91 Å². The van der Waals surface area contributed by atoms with E-state index in [4.69, 9.17) is 0 Å². The summed E-state index contributed by atoms with van der Waals surface area (Å²) in [7, 11) is -3.67. The lowest BCUT2D eigenvalue weighted by Gasteiger charge is -2.21. The van der Waals surface area contributed by atoms with Crippen molar-refractivity contribution in [2.24, 2.45) is 0 Å². The second-order valence-electron chi connectivity index (χ2n) is 4.40. The van der Waals surface area contributed by atoms with Crippen molar-refractivity contribution in [2.45, 2.75) is 37.6 Å². The van der Waals surface area contributed by atoms with Gasteiger partial charge in [-0.15, -0.1) is 0 Å². The van der Waals surface area contributed by atoms with E-state index in [2.05, 4.69) is 0 Å². The molecule has 1 atom stereocenters. The Morgan fingerprint density at radius 2 is 1.82 bits per heavy atom. The minimum Gasteiger partial charge on any atom is -0.274 e. The molecule has 17 heavy (non-hydrogen) atoms. The normalized spacial score (nSPS) is 20.9. The number of rotatable bonds is 2. The SMILES string of the molecule is Cc1ccc(S(=O)(=O)N2C(=O)CCC2C)cc1. The van der Waals surface area contributed by atoms with Crippen molar-refractivity contribution < 1.29 is 13.2 Å². The number of hydrogen-bond donors (Lipinski definition) is 0. The Kier molecular flexibility index (Phi) is 2.95. The number of hydrogen-bond acceptors (Lipinski definition) is 3. The van der Waals surface area contributed by atoms with E-state index in [0.717, 1.165) is 9.87 Å². The maximum atomic E-state index is 12.3. The van der Waals surface area contributed by atoms with Crippen molar-refractivity contribution in [3.63, 3.8) is 0 Å². The number of carbonyl (C=O) groups is 1. The van der Waals surface area contributed by atoms with Gasteiger partial charge in [0, 0.05) is 12.5 Å². The zero-order chi connectivity index (χ0) is 12.6. The van der Waals surface area contributed by atoms with Crippen molar-refractivity contribution in [1.82, 2.24) is 4.31 Å². The van der Waals surface area contributed by atoms with Gasteiger partial charge in [0.1, 0.15) is 0 Å². The van der Waals surface area contributed by atoms with Crippen molar-refractivity contribution in [3.8, 4) is 0 Å². The molecule has 0 radical (unpaired) electrons. The summed E-state index contributed by atoms with van der Waals surface area (Å²) >= 11 is 0. The van der Waals surface area contributed by atoms with Crippen LogP contribution in [0.5, 0.6) is 0 Å². The molecule has 4 nitrogen and oxygen atoms in total. The van der Waals surface area contributed by atoms with Gasteiger partial charge in [-0.25, -0.2) is 12.7 Å². The van der Waals surface area contributed by atoms with E-state index in [1.807, 2.05) is 6.92 Å². The van der Waals surface area contributed by atoms with E-state index in [9.17, 15) is 13.2 Å². The predicted octanol–water partition coefficient (Wildman–Crippen LogP) is 1.69. The predicted molar refractivity (Wildman–Crippen MR) is 63.9 cm³/mol. The van der Waals surface area contributed by atoms with Gasteiger partial charge in [0.25, 0.3) is 10.0 Å². The third-order valence-corrected chi connectivity index (χ3v) is 4.95. The number of benzene rings is 1. The summed E-state index contributed by atoms with van der Waals surface area (Å²) < 4.78 is 25.6. The van der Waals surface area contributed by atoms with Crippen LogP contribution in [0.15, 0.2) is 29.2 Å². The van der Waals surface area contributed by atoms with E-state index in [0.29, 0.717) is 12.8 Å². The summed E-state index contributed by atoms with van der Waals surface area (Å²) in [5.41, 5.74) is 0.991. The molecule has 1 amide bonds. The van der Waals surface area contributed by atoms with Gasteiger partial charge < -0.3 is 0 Å². The van der Waals surface area contributed by atoms with E-state index in [1.165, 1.54) is 0 Å². The molecule has 1 heterocycles. The molecule has 1 unspecified atom stereocenters. The van der Waals surface area contributed by atoms with Crippen LogP contribution in [-0.4, -0.2) is 24.7 Å². The van der Waals surface area contributed by atoms with Crippen LogP contribution < -0.4 is 0 Å². The smallest absolute Gasteiger partial charge is 0.266 e. The first-order valence-electron chi connectivity index (χ1n) is 5.57. The first-order valence-corrected chi connectivity index (χ1v) is 7.01. The lowest BCUT2D eigenvalue weighted by atomic mass is 10.2. The fourth-order valence-corrected chi connectivity index (χ4v) is 3.65. The van der Waals surface area contributed by atoms with E-state index in [1.54, 1.807) is 31.2 Å². The first-order chi connectivity index (χ1) is 7.93. The van der Waals surface area contributed by atoms with Crippen LogP contribution in [0.1, 0.15) is 25.3 Å². The molecule has 92 valence electrons. The zero-order valence-corrected chi connectivity index (χ0v) is 10.7. The van der Waals surface area contributed by atoms with E-state index < -0.39 is 10.0 Å². The molecule has 5 heteroatoms. The van der Waals surface area contributed by atoms with Crippen LogP contribution in [-0.2, 0) is 14.8 Å². The number of carbonyl (C=O) groups excluding carboxylic acids is 1. The maximum absolute atomic E-state index is 12.3. The molecule has 0 aliphatic carbocycles. The standard InChI is InChI=1S/C12H15NO3S/c1-9-3-6-11(7-4-9)17(15,16)13-10(2)5-8-12(13)14/h3-4,6-7,10H,5,8H2,1-2H3. The first kappa shape index (κ1) is 12.1. The Hall–Kier alpha value is -1.36. The average Bonchev–Trinajstić information content (AvgIpc) is 2.59. The molecule has 1 aromatic carbocycles. The summed E-state index contributed by atoms with van der Waals surface area (Å²) in [4.78, 5) is 11.8. The maximum Gasteiger partial charge on any atom is 0.266 e. The molecule has 2 rings (SSSR count). The van der Waals surface area contributed by atoms with Crippen molar-refractivity contribution in [2.75, 3.05) is 0 Å². The summed E-state index contributed by atoms with van der Waals surface area (Å²) in [5.74, 6) is -0.307. The molecular formula is C12H15NO3S. The second-order valence-corrected chi connectivity index (χ2v) is 6.21. The monoisotopic (exact) mass is 253 g/mol. The Labute approximate surface area is 101 Å². The fourth-order valence-electron chi connectivity index (χ4n) is 2.00. The molecule has 1 aliphatic rings. The highest BCUT2D eigenvalue weighted by Crippen LogP contribution is 2.26. The molecule has 1 fully saturated rings. The van der Waals surface area contributed by atoms with Gasteiger partial charge in [0.05, 0.1) is 4.90 Å². The number of aryl methyl sites for hydroxylation is 1. The number of sulfonamides is 1. The van der Waals surface area contributed by atoms with Crippen LogP contribution in [0.25, 0.3) is 0 Å². The van der Waals surface area contributed by atoms with Gasteiger partial charge >= 0.3 is 0 Å². The van der Waals surface area contributed by atoms with Crippen LogP contribution in [0.2, 0.25) is 0 Å². The third-order valence-electron chi connectivity index (χ3n) is 3.00. The molecule has 0 N–H and O–H groups in total. The van der Waals surface area contributed by atoms with Crippen molar-refractivity contribution in [3.05, 3.63) is 29.8 Å². The summed E-state index contributed by atoms with van der Waals surface area (Å²) in [6.45, 7) is 3.65. The highest BCUT2D eigenvalue weighted by molar-refractivity contribution is 7.89. The van der Waals surface area contributed by atoms with Crippen molar-refractivity contribution >= 4 is 15.9 Å². The molecule has 0 spiro atoms. The summed E-state index contributed by atoms with van der Waals surface area (Å²) in [6, 6.07) is 6.32. The zero-order valence-electron chi connectivity index (χ0n) is 9.88. The lowest BCUT2D eigenvalue weighted by molar-refractivity contribution is -0.124. The van der Waals surface area contributed by atoms with Crippen LogP contribution >= 0.6 is 0 Å². The highest BCUT2D eigenvalue weighted by Gasteiger charge is 2.37. The minimum atomic E-state index is -3.67. The van der Waals surface area contributed by atoms with Crippen LogP contribution in [0, 0.1) is 6.92 Å². The number of nitrogens with zero attached hydrogens (tertiary/aromatic N) is 1. The second kappa shape index (κ2) is 4.14. The molecule has 0 aromatic heterocycles. The van der Waals surface area contributed by atoms with E-state index >= 15 is 0 Å². The van der Waals surface area contributed by atoms with Gasteiger partial charge in [-0.05, 0) is 32.4 Å². The molecule has 1 saturated heterocycles. The Balaban J connectivity index is 2.43. The van der Waals surface area contributed by atoms with Crippen LogP contribution in [0.3, 0.4) is 0 Å². The molecule has 1 aliphatic heterocycles. The van der Waals surface area contributed by atoms with Gasteiger partial charge in [-0.2, -0.15) is 0 Å². The summed E-state index contributed by atoms with van der Waals surface area (Å²) in [6.07, 6.45) is 0.913. The Morgan fingerprint density at radius 3 is 2.29 bits per heavy atom.